The summed E-state index contributed by atoms with van der Waals surface area (Å²) in [6, 6.07) is 2.36. The van der Waals surface area contributed by atoms with Crippen molar-refractivity contribution in [2.45, 2.75) is 31.4 Å². The number of hydrogen-bond acceptors (Lipinski definition) is 3. The molecule has 1 fully saturated rings. The summed E-state index contributed by atoms with van der Waals surface area (Å²) in [5.74, 6) is -2.93. The lowest BCUT2D eigenvalue weighted by molar-refractivity contribution is -0.137. The van der Waals surface area contributed by atoms with Crippen molar-refractivity contribution in [2.75, 3.05) is 13.1 Å². The number of likely N-dealkylation sites (tertiary alicyclic amines) is 1. The van der Waals surface area contributed by atoms with Gasteiger partial charge in [0.2, 0.25) is 0 Å². The summed E-state index contributed by atoms with van der Waals surface area (Å²) >= 11 is 0. The second-order valence-electron chi connectivity index (χ2n) is 5.46. The molecule has 0 saturated carbocycles. The summed E-state index contributed by atoms with van der Waals surface area (Å²) in [6.45, 7) is 0.261. The largest absolute Gasteiger partial charge is 0.481 e. The zero-order valence-electron chi connectivity index (χ0n) is 12.3. The molecule has 23 heavy (non-hydrogen) atoms. The van der Waals surface area contributed by atoms with Crippen molar-refractivity contribution < 1.29 is 28.6 Å². The van der Waals surface area contributed by atoms with Crippen LogP contribution >= 0.6 is 0 Å². The molecule has 2 amide bonds. The molecule has 0 radical (unpaired) electrons. The Balaban J connectivity index is 2.02. The van der Waals surface area contributed by atoms with Crippen molar-refractivity contribution in [2.24, 2.45) is 0 Å². The summed E-state index contributed by atoms with van der Waals surface area (Å²) in [6.07, 6.45) is -0.297. The Bertz CT molecular complexity index is 597. The van der Waals surface area contributed by atoms with E-state index in [1.165, 1.54) is 11.0 Å². The van der Waals surface area contributed by atoms with Gasteiger partial charge < -0.3 is 20.4 Å². The zero-order valence-corrected chi connectivity index (χ0v) is 12.3. The van der Waals surface area contributed by atoms with Gasteiger partial charge in [-0.05, 0) is 30.5 Å². The van der Waals surface area contributed by atoms with Gasteiger partial charge in [-0.15, -0.1) is 0 Å². The lowest BCUT2D eigenvalue weighted by Crippen LogP contribution is -2.40. The number of carboxylic acid groups (broad SMARTS) is 1. The maximum Gasteiger partial charge on any atom is 0.318 e. The van der Waals surface area contributed by atoms with Crippen molar-refractivity contribution >= 4 is 12.0 Å². The van der Waals surface area contributed by atoms with Crippen LogP contribution in [0, 0.1) is 11.6 Å². The van der Waals surface area contributed by atoms with Crippen LogP contribution in [0.1, 0.15) is 30.9 Å². The van der Waals surface area contributed by atoms with Gasteiger partial charge in [-0.3, -0.25) is 4.79 Å². The van der Waals surface area contributed by atoms with Gasteiger partial charge in [-0.25, -0.2) is 13.6 Å². The number of nitrogens with zero attached hydrogens (tertiary/aromatic N) is 1. The number of aliphatic hydroxyl groups excluding tert-OH is 1. The number of carbonyl (C=O) groups excluding carboxylic acids is 1. The van der Waals surface area contributed by atoms with E-state index < -0.39 is 35.8 Å². The topological polar surface area (TPSA) is 89.9 Å². The van der Waals surface area contributed by atoms with Crippen LogP contribution in [0.2, 0.25) is 0 Å². The fraction of sp³-hybridized carbons (Fsp3) is 0.467. The Morgan fingerprint density at radius 3 is 2.70 bits per heavy atom. The van der Waals surface area contributed by atoms with Crippen LogP contribution < -0.4 is 5.32 Å². The Labute approximate surface area is 131 Å². The first-order valence-corrected chi connectivity index (χ1v) is 7.27. The molecule has 3 N–H and O–H groups in total. The average molecular weight is 328 g/mol. The fourth-order valence-electron chi connectivity index (χ4n) is 2.61. The van der Waals surface area contributed by atoms with Crippen LogP contribution in [0.5, 0.6) is 0 Å². The van der Waals surface area contributed by atoms with E-state index in [2.05, 4.69) is 5.32 Å². The molecular weight excluding hydrogens is 310 g/mol. The molecule has 6 nitrogen and oxygen atoms in total. The van der Waals surface area contributed by atoms with Crippen molar-refractivity contribution in [1.29, 1.82) is 0 Å². The van der Waals surface area contributed by atoms with Gasteiger partial charge in [-0.2, -0.15) is 0 Å². The van der Waals surface area contributed by atoms with Gasteiger partial charge in [-0.1, -0.05) is 6.07 Å². The lowest BCUT2D eigenvalue weighted by atomic mass is 10.0. The van der Waals surface area contributed by atoms with Crippen LogP contribution in [0.3, 0.4) is 0 Å². The normalized spacial score (nSPS) is 20.6. The number of benzene rings is 1. The quantitative estimate of drug-likeness (QED) is 0.717. The summed E-state index contributed by atoms with van der Waals surface area (Å²) in [5, 5.41) is 20.9. The average Bonchev–Trinajstić information content (AvgIpc) is 2.88. The smallest absolute Gasteiger partial charge is 0.318 e. The molecule has 1 aromatic rings. The van der Waals surface area contributed by atoms with E-state index in [0.717, 1.165) is 12.1 Å². The van der Waals surface area contributed by atoms with E-state index in [0.29, 0.717) is 5.56 Å². The second-order valence-corrected chi connectivity index (χ2v) is 5.46. The summed E-state index contributed by atoms with van der Waals surface area (Å²) < 4.78 is 26.4. The minimum Gasteiger partial charge on any atom is -0.481 e. The van der Waals surface area contributed by atoms with Crippen LogP contribution in [-0.2, 0) is 4.79 Å². The maximum atomic E-state index is 13.4. The molecule has 0 bridgehead atoms. The molecule has 1 saturated heterocycles. The Morgan fingerprint density at radius 2 is 2.04 bits per heavy atom. The van der Waals surface area contributed by atoms with E-state index in [4.69, 9.17) is 5.11 Å². The van der Waals surface area contributed by atoms with Crippen molar-refractivity contribution in [3.8, 4) is 0 Å². The van der Waals surface area contributed by atoms with Crippen LogP contribution in [0.25, 0.3) is 0 Å². The predicted octanol–water partition coefficient (Wildman–Crippen LogP) is 1.65. The highest BCUT2D eigenvalue weighted by molar-refractivity contribution is 5.75. The molecule has 8 heteroatoms. The van der Waals surface area contributed by atoms with E-state index >= 15 is 0 Å². The lowest BCUT2D eigenvalue weighted by Gasteiger charge is -2.25. The Morgan fingerprint density at radius 1 is 1.30 bits per heavy atom. The number of aliphatic hydroxyl groups is 1. The van der Waals surface area contributed by atoms with Gasteiger partial charge in [0.25, 0.3) is 0 Å². The fourth-order valence-corrected chi connectivity index (χ4v) is 2.61. The molecule has 1 aliphatic heterocycles. The van der Waals surface area contributed by atoms with Gasteiger partial charge >= 0.3 is 12.0 Å². The highest BCUT2D eigenvalue weighted by Gasteiger charge is 2.35. The summed E-state index contributed by atoms with van der Waals surface area (Å²) in [5.41, 5.74) is 0.404. The molecule has 1 aromatic carbocycles. The minimum atomic E-state index is -1.01. The van der Waals surface area contributed by atoms with Gasteiger partial charge in [0.1, 0.15) is 0 Å². The van der Waals surface area contributed by atoms with Crippen molar-refractivity contribution in [3.05, 3.63) is 35.4 Å². The van der Waals surface area contributed by atoms with Crippen molar-refractivity contribution in [1.82, 2.24) is 10.2 Å². The van der Waals surface area contributed by atoms with Gasteiger partial charge in [0.15, 0.2) is 11.6 Å². The van der Waals surface area contributed by atoms with E-state index in [1.807, 2.05) is 0 Å². The van der Waals surface area contributed by atoms with Crippen LogP contribution in [0.15, 0.2) is 18.2 Å². The first-order chi connectivity index (χ1) is 10.9. The molecule has 1 aliphatic rings. The molecule has 2 atom stereocenters. The number of aliphatic carboxylic acids is 1. The molecule has 0 aromatic heterocycles. The van der Waals surface area contributed by atoms with Crippen LogP contribution in [0.4, 0.5) is 13.6 Å². The number of nitrogens with one attached hydrogen (secondary N) is 1. The second kappa shape index (κ2) is 7.36. The molecule has 0 spiro atoms. The van der Waals surface area contributed by atoms with E-state index in [9.17, 15) is 23.5 Å². The number of halogens is 2. The Hall–Kier alpha value is -2.22. The highest BCUT2D eigenvalue weighted by atomic mass is 19.2. The first-order valence-electron chi connectivity index (χ1n) is 7.27. The zero-order chi connectivity index (χ0) is 17.0. The standard InChI is InChI=1S/C15H18F2N2O4/c16-11-4-3-9(6-12(11)17)13-7-10(20)8-19(13)15(23)18-5-1-2-14(21)22/h3-4,6,10,13,20H,1-2,5,7-8H2,(H,18,23)(H,21,22). The third-order valence-electron chi connectivity index (χ3n) is 3.71. The third kappa shape index (κ3) is 4.38. The number of rotatable bonds is 5. The SMILES string of the molecule is O=C(O)CCCNC(=O)N1CC(O)CC1c1ccc(F)c(F)c1. The Kier molecular flexibility index (Phi) is 5.49. The molecule has 1 heterocycles. The third-order valence-corrected chi connectivity index (χ3v) is 3.71. The van der Waals surface area contributed by atoms with E-state index in [1.54, 1.807) is 0 Å². The summed E-state index contributed by atoms with van der Waals surface area (Å²) in [4.78, 5) is 23.9. The summed E-state index contributed by atoms with van der Waals surface area (Å²) in [7, 11) is 0. The van der Waals surface area contributed by atoms with E-state index in [-0.39, 0.29) is 32.4 Å². The highest BCUT2D eigenvalue weighted by Crippen LogP contribution is 2.32. The minimum absolute atomic E-state index is 0.0600. The number of β-amino-alcohol motifs (C(OH)–C–C–N with tert-alkyl or cyclic N) is 1. The molecule has 0 aliphatic carbocycles. The van der Waals surface area contributed by atoms with Crippen LogP contribution in [-0.4, -0.2) is 46.3 Å². The number of hydrogen-bond donors (Lipinski definition) is 3. The number of carbonyl (C=O) groups is 2. The molecular formula is C15H18F2N2O4. The number of amides is 2. The molecule has 2 unspecified atom stereocenters. The van der Waals surface area contributed by atoms with Gasteiger partial charge in [0.05, 0.1) is 12.1 Å². The van der Waals surface area contributed by atoms with Crippen molar-refractivity contribution in [3.63, 3.8) is 0 Å². The molecule has 2 rings (SSSR count). The number of carboxylic acids is 1. The monoisotopic (exact) mass is 328 g/mol. The molecule has 126 valence electrons. The maximum absolute atomic E-state index is 13.4. The predicted molar refractivity (Wildman–Crippen MR) is 76.7 cm³/mol. The number of urea groups is 1. The van der Waals surface area contributed by atoms with Gasteiger partial charge in [0, 0.05) is 19.5 Å². The first kappa shape index (κ1) is 17.1.